The normalized spacial score (nSPS) is 10.8. The Hall–Kier alpha value is -2.74. The monoisotopic (exact) mass is 364 g/mol. The van der Waals surface area contributed by atoms with Gasteiger partial charge in [0.1, 0.15) is 5.75 Å². The van der Waals surface area contributed by atoms with Crippen molar-refractivity contribution in [3.8, 4) is 5.75 Å². The predicted octanol–water partition coefficient (Wildman–Crippen LogP) is 2.87. The molecule has 26 heavy (non-hydrogen) atoms. The number of hydrogen-bond donors (Lipinski definition) is 0. The van der Waals surface area contributed by atoms with E-state index in [2.05, 4.69) is 14.4 Å². The number of benzene rings is 1. The number of carbonyl (C=O) groups is 2. The molecule has 2 aromatic rings. The molecular weight excluding hydrogens is 340 g/mol. The van der Waals surface area contributed by atoms with Gasteiger partial charge in [0.15, 0.2) is 0 Å². The van der Waals surface area contributed by atoms with Crippen molar-refractivity contribution in [1.82, 2.24) is 9.47 Å². The van der Waals surface area contributed by atoms with Crippen molar-refractivity contribution in [2.24, 2.45) is 0 Å². The summed E-state index contributed by atoms with van der Waals surface area (Å²) < 4.78 is 20.9. The van der Waals surface area contributed by atoms with Gasteiger partial charge >= 0.3 is 12.2 Å². The molecule has 142 valence electrons. The van der Waals surface area contributed by atoms with Crippen LogP contribution in [0.1, 0.15) is 12.5 Å². The smallest absolute Gasteiger partial charge is 0.497 e. The molecule has 0 aliphatic carbocycles. The van der Waals surface area contributed by atoms with E-state index < -0.39 is 19.0 Å². The zero-order chi connectivity index (χ0) is 19.1. The first-order valence-electron chi connectivity index (χ1n) is 8.25. The minimum atomic E-state index is -0.883. The lowest BCUT2D eigenvalue weighted by atomic mass is 10.1. The maximum Gasteiger partial charge on any atom is 0.511 e. The molecule has 0 radical (unpaired) electrons. The van der Waals surface area contributed by atoms with E-state index in [9.17, 15) is 9.59 Å². The Morgan fingerprint density at radius 1 is 1.15 bits per heavy atom. The van der Waals surface area contributed by atoms with E-state index >= 15 is 0 Å². The highest BCUT2D eigenvalue weighted by Crippen LogP contribution is 2.26. The van der Waals surface area contributed by atoms with E-state index in [0.717, 1.165) is 23.9 Å². The summed E-state index contributed by atoms with van der Waals surface area (Å²) >= 11 is 0. The van der Waals surface area contributed by atoms with Crippen molar-refractivity contribution in [1.29, 1.82) is 0 Å². The van der Waals surface area contributed by atoms with Crippen LogP contribution < -0.4 is 4.74 Å². The number of fused-ring (bicyclic) bond motifs is 1. The van der Waals surface area contributed by atoms with E-state index in [1.807, 2.05) is 26.2 Å². The lowest BCUT2D eigenvalue weighted by Gasteiger charge is -2.08. The number of rotatable bonds is 7. The molecule has 1 heterocycles. The van der Waals surface area contributed by atoms with Crippen LogP contribution in [0.5, 0.6) is 5.75 Å². The van der Waals surface area contributed by atoms with Gasteiger partial charge in [-0.3, -0.25) is 4.57 Å². The lowest BCUT2D eigenvalue weighted by molar-refractivity contribution is -0.0124. The summed E-state index contributed by atoms with van der Waals surface area (Å²) in [6.07, 6.45) is 0.977. The molecule has 1 aromatic heterocycles. The predicted molar refractivity (Wildman–Crippen MR) is 95.6 cm³/mol. The molecule has 2 rings (SSSR count). The second-order valence-corrected chi connectivity index (χ2v) is 5.82. The molecule has 0 amide bonds. The first-order chi connectivity index (χ1) is 12.5. The standard InChI is InChI=1S/C18H24N2O6/c1-5-24-18(22)26-12-25-17(21)20-11-13(8-9-19(2)3)15-7-6-14(23-4)10-16(15)20/h6-7,10-11H,5,8-9,12H2,1-4H3. The number of likely N-dealkylation sites (N-methyl/N-ethyl adjacent to an activating group) is 1. The van der Waals surface area contributed by atoms with Gasteiger partial charge in [-0.15, -0.1) is 0 Å². The number of nitrogens with zero attached hydrogens (tertiary/aromatic N) is 2. The molecule has 8 heteroatoms. The van der Waals surface area contributed by atoms with Crippen molar-refractivity contribution in [2.75, 3.05) is 41.1 Å². The van der Waals surface area contributed by atoms with Gasteiger partial charge in [-0.1, -0.05) is 0 Å². The van der Waals surface area contributed by atoms with Gasteiger partial charge in [0.05, 0.1) is 19.2 Å². The van der Waals surface area contributed by atoms with Crippen LogP contribution in [0.4, 0.5) is 9.59 Å². The van der Waals surface area contributed by atoms with Gasteiger partial charge in [-0.25, -0.2) is 9.59 Å². The second kappa shape index (κ2) is 9.10. The zero-order valence-electron chi connectivity index (χ0n) is 15.5. The van der Waals surface area contributed by atoms with Crippen LogP contribution in [0.3, 0.4) is 0 Å². The first-order valence-corrected chi connectivity index (χ1v) is 8.25. The number of aromatic nitrogens is 1. The summed E-state index contributed by atoms with van der Waals surface area (Å²) in [4.78, 5) is 25.6. The molecule has 0 N–H and O–H groups in total. The minimum Gasteiger partial charge on any atom is -0.497 e. The Bertz CT molecular complexity index is 768. The molecule has 0 aliphatic rings. The molecule has 0 spiro atoms. The van der Waals surface area contributed by atoms with Crippen LogP contribution in [-0.4, -0.2) is 62.9 Å². The summed E-state index contributed by atoms with van der Waals surface area (Å²) in [5.41, 5.74) is 1.68. The molecule has 8 nitrogen and oxygen atoms in total. The van der Waals surface area contributed by atoms with Gasteiger partial charge in [0, 0.05) is 24.2 Å². The molecule has 0 aliphatic heterocycles. The fourth-order valence-electron chi connectivity index (χ4n) is 2.46. The van der Waals surface area contributed by atoms with Gasteiger partial charge in [0.25, 0.3) is 0 Å². The Morgan fingerprint density at radius 2 is 1.92 bits per heavy atom. The van der Waals surface area contributed by atoms with E-state index in [0.29, 0.717) is 11.3 Å². The summed E-state index contributed by atoms with van der Waals surface area (Å²) in [6.45, 7) is 2.16. The van der Waals surface area contributed by atoms with Crippen LogP contribution >= 0.6 is 0 Å². The highest BCUT2D eigenvalue weighted by atomic mass is 16.8. The van der Waals surface area contributed by atoms with Crippen LogP contribution in [0, 0.1) is 0 Å². The fourth-order valence-corrected chi connectivity index (χ4v) is 2.46. The largest absolute Gasteiger partial charge is 0.511 e. The summed E-state index contributed by atoms with van der Waals surface area (Å²) in [6, 6.07) is 5.53. The lowest BCUT2D eigenvalue weighted by Crippen LogP contribution is -2.17. The van der Waals surface area contributed by atoms with Crippen LogP contribution in [0.25, 0.3) is 10.9 Å². The average Bonchev–Trinajstić information content (AvgIpc) is 2.98. The average molecular weight is 364 g/mol. The van der Waals surface area contributed by atoms with Gasteiger partial charge in [0.2, 0.25) is 6.79 Å². The molecular formula is C18H24N2O6. The van der Waals surface area contributed by atoms with Gasteiger partial charge in [-0.05, 0) is 45.1 Å². The van der Waals surface area contributed by atoms with Gasteiger partial charge < -0.3 is 23.8 Å². The van der Waals surface area contributed by atoms with Gasteiger partial charge in [-0.2, -0.15) is 0 Å². The van der Waals surface area contributed by atoms with Crippen LogP contribution in [0.2, 0.25) is 0 Å². The third-order valence-electron chi connectivity index (χ3n) is 3.74. The van der Waals surface area contributed by atoms with E-state index in [4.69, 9.17) is 9.47 Å². The maximum absolute atomic E-state index is 12.4. The number of hydrogen-bond acceptors (Lipinski definition) is 7. The van der Waals surface area contributed by atoms with Crippen molar-refractivity contribution in [3.63, 3.8) is 0 Å². The topological polar surface area (TPSA) is 79.2 Å². The van der Waals surface area contributed by atoms with Crippen molar-refractivity contribution in [2.45, 2.75) is 13.3 Å². The van der Waals surface area contributed by atoms with E-state index in [1.165, 1.54) is 4.57 Å². The number of methoxy groups -OCH3 is 1. The van der Waals surface area contributed by atoms with Crippen LogP contribution in [-0.2, 0) is 20.6 Å². The fraction of sp³-hybridized carbons (Fsp3) is 0.444. The summed E-state index contributed by atoms with van der Waals surface area (Å²) in [5.74, 6) is 0.631. The quantitative estimate of drug-likeness (QED) is 0.552. The molecule has 0 bridgehead atoms. The molecule has 1 aromatic carbocycles. The highest BCUT2D eigenvalue weighted by Gasteiger charge is 2.16. The van der Waals surface area contributed by atoms with E-state index in [1.54, 1.807) is 26.3 Å². The van der Waals surface area contributed by atoms with Crippen LogP contribution in [0.15, 0.2) is 24.4 Å². The maximum atomic E-state index is 12.4. The number of carbonyl (C=O) groups excluding carboxylic acids is 2. The summed E-state index contributed by atoms with van der Waals surface area (Å²) in [5, 5.41) is 0.941. The molecule has 0 fully saturated rings. The number of ether oxygens (including phenoxy) is 4. The zero-order valence-corrected chi connectivity index (χ0v) is 15.5. The highest BCUT2D eigenvalue weighted by molar-refractivity contribution is 5.92. The van der Waals surface area contributed by atoms with Crippen molar-refractivity contribution < 1.29 is 28.5 Å². The molecule has 0 saturated carbocycles. The Morgan fingerprint density at radius 3 is 2.58 bits per heavy atom. The minimum absolute atomic E-state index is 0.185. The SMILES string of the molecule is CCOC(=O)OCOC(=O)n1cc(CCN(C)C)c2ccc(OC)cc21. The molecule has 0 unspecified atom stereocenters. The Kier molecular flexibility index (Phi) is 6.85. The summed E-state index contributed by atoms with van der Waals surface area (Å²) in [7, 11) is 5.54. The van der Waals surface area contributed by atoms with E-state index in [-0.39, 0.29) is 6.61 Å². The van der Waals surface area contributed by atoms with Crippen molar-refractivity contribution >= 4 is 23.2 Å². The second-order valence-electron chi connectivity index (χ2n) is 5.82. The third kappa shape index (κ3) is 4.89. The molecule has 0 atom stereocenters. The molecule has 0 saturated heterocycles. The van der Waals surface area contributed by atoms with Crippen molar-refractivity contribution in [3.05, 3.63) is 30.0 Å². The third-order valence-corrected chi connectivity index (χ3v) is 3.74. The first kappa shape index (κ1) is 19.6. The Balaban J connectivity index is 2.21. The Labute approximate surface area is 152 Å².